The zero-order valence-corrected chi connectivity index (χ0v) is 29.3. The van der Waals surface area contributed by atoms with Gasteiger partial charge in [-0.2, -0.15) is 22.6 Å². The Labute approximate surface area is 296 Å². The van der Waals surface area contributed by atoms with Crippen LogP contribution in [0.5, 0.6) is 0 Å². The monoisotopic (exact) mass is 743 g/mol. The van der Waals surface area contributed by atoms with Gasteiger partial charge in [0.15, 0.2) is 6.04 Å². The topological polar surface area (TPSA) is 154 Å². The lowest BCUT2D eigenvalue weighted by Gasteiger charge is -2.32. The number of alkyl halides is 3. The standard InChI is InChI=1S/C35H36F3N5O6S2/c1-21(2)43(51(47,48)25-14-15-26-24(18-25)19-39-42-26)27(20-44)28-16-17-29(50-28)32(35(36,37)38)41-33(45)31(40-34(46)49-3)30(22-10-6-4-7-11-22)23-12-8-5-9-13-23/h4-19,21,27,30-32,44H,20H2,1-3H3,(H,39,42)(H,40,46)(H,41,45)/t27-,31+,32-/m1/s1. The van der Waals surface area contributed by atoms with E-state index in [0.29, 0.717) is 33.4 Å². The van der Waals surface area contributed by atoms with E-state index in [4.69, 9.17) is 4.74 Å². The average molecular weight is 744 g/mol. The van der Waals surface area contributed by atoms with Gasteiger partial charge in [0.05, 0.1) is 36.4 Å². The Bertz CT molecular complexity index is 2020. The summed E-state index contributed by atoms with van der Waals surface area (Å²) in [6.45, 7) is 2.44. The number of sulfonamides is 1. The van der Waals surface area contributed by atoms with Crippen molar-refractivity contribution < 1.29 is 41.0 Å². The number of ether oxygens (including phenoxy) is 1. The molecular weight excluding hydrogens is 708 g/mol. The molecule has 0 aliphatic rings. The van der Waals surface area contributed by atoms with E-state index in [1.165, 1.54) is 24.4 Å². The predicted octanol–water partition coefficient (Wildman–Crippen LogP) is 6.03. The van der Waals surface area contributed by atoms with Crippen molar-refractivity contribution in [2.45, 2.75) is 55.0 Å². The molecule has 5 aromatic rings. The number of fused-ring (bicyclic) bond motifs is 1. The number of hydrogen-bond donors (Lipinski definition) is 4. The summed E-state index contributed by atoms with van der Waals surface area (Å²) in [4.78, 5) is 26.1. The lowest BCUT2D eigenvalue weighted by molar-refractivity contribution is -0.163. The maximum absolute atomic E-state index is 14.8. The highest BCUT2D eigenvalue weighted by Crippen LogP contribution is 2.41. The first-order chi connectivity index (χ1) is 24.3. The molecule has 0 bridgehead atoms. The number of hydrogen-bond acceptors (Lipinski definition) is 8. The summed E-state index contributed by atoms with van der Waals surface area (Å²) in [5.74, 6) is -2.06. The molecule has 4 N–H and O–H groups in total. The van der Waals surface area contributed by atoms with Gasteiger partial charge in [0.1, 0.15) is 6.04 Å². The number of carbonyl (C=O) groups excluding carboxylic acids is 2. The number of carbonyl (C=O) groups is 2. The van der Waals surface area contributed by atoms with Gasteiger partial charge in [-0.25, -0.2) is 13.2 Å². The Kier molecular flexibility index (Phi) is 11.5. The summed E-state index contributed by atoms with van der Waals surface area (Å²) < 4.78 is 78.1. The van der Waals surface area contributed by atoms with Crippen molar-refractivity contribution in [3.05, 3.63) is 118 Å². The van der Waals surface area contributed by atoms with Crippen LogP contribution in [0, 0.1) is 0 Å². The van der Waals surface area contributed by atoms with Gasteiger partial charge in [-0.15, -0.1) is 11.3 Å². The molecule has 0 saturated carbocycles. The fraction of sp³-hybridized carbons (Fsp3) is 0.286. The largest absolute Gasteiger partial charge is 0.453 e. The highest BCUT2D eigenvalue weighted by Gasteiger charge is 2.46. The van der Waals surface area contributed by atoms with Gasteiger partial charge in [-0.3, -0.25) is 9.89 Å². The second kappa shape index (κ2) is 15.6. The number of amides is 2. The zero-order chi connectivity index (χ0) is 36.9. The Morgan fingerprint density at radius 1 is 0.941 bits per heavy atom. The van der Waals surface area contributed by atoms with Gasteiger partial charge in [0.25, 0.3) is 0 Å². The number of aliphatic hydroxyl groups is 1. The lowest BCUT2D eigenvalue weighted by atomic mass is 9.84. The molecule has 270 valence electrons. The molecule has 0 saturated heterocycles. The molecule has 0 aliphatic carbocycles. The smallest absolute Gasteiger partial charge is 0.413 e. The van der Waals surface area contributed by atoms with E-state index in [1.807, 2.05) is 0 Å². The number of methoxy groups -OCH3 is 1. The minimum atomic E-state index is -5.01. The molecule has 0 unspecified atom stereocenters. The van der Waals surface area contributed by atoms with Crippen molar-refractivity contribution in [3.8, 4) is 0 Å². The fourth-order valence-corrected chi connectivity index (χ4v) is 9.01. The third-order valence-electron chi connectivity index (χ3n) is 8.24. The predicted molar refractivity (Wildman–Crippen MR) is 185 cm³/mol. The number of H-pyrrole nitrogens is 1. The van der Waals surface area contributed by atoms with Crippen LogP contribution >= 0.6 is 11.3 Å². The van der Waals surface area contributed by atoms with Crippen LogP contribution in [0.4, 0.5) is 18.0 Å². The van der Waals surface area contributed by atoms with Crippen molar-refractivity contribution in [1.82, 2.24) is 25.1 Å². The van der Waals surface area contributed by atoms with Crippen LogP contribution in [0.15, 0.2) is 102 Å². The maximum Gasteiger partial charge on any atom is 0.413 e. The second-order valence-corrected chi connectivity index (χ2v) is 14.9. The van der Waals surface area contributed by atoms with E-state index in [2.05, 4.69) is 20.8 Å². The van der Waals surface area contributed by atoms with E-state index in [9.17, 15) is 36.3 Å². The van der Waals surface area contributed by atoms with E-state index in [0.717, 1.165) is 17.5 Å². The van der Waals surface area contributed by atoms with Gasteiger partial charge in [-0.05, 0) is 55.3 Å². The van der Waals surface area contributed by atoms with E-state index in [1.54, 1.807) is 80.6 Å². The molecule has 0 aliphatic heterocycles. The van der Waals surface area contributed by atoms with E-state index < -0.39 is 64.9 Å². The minimum absolute atomic E-state index is 0.0868. The van der Waals surface area contributed by atoms with Gasteiger partial charge >= 0.3 is 12.3 Å². The number of alkyl carbamates (subject to hydrolysis) is 1. The summed E-state index contributed by atoms with van der Waals surface area (Å²) in [6.07, 6.45) is -4.58. The highest BCUT2D eigenvalue weighted by molar-refractivity contribution is 7.89. The van der Waals surface area contributed by atoms with Crippen LogP contribution < -0.4 is 10.6 Å². The number of aliphatic hydroxyl groups excluding tert-OH is 1. The van der Waals surface area contributed by atoms with Crippen molar-refractivity contribution in [1.29, 1.82) is 0 Å². The van der Waals surface area contributed by atoms with Crippen molar-refractivity contribution >= 4 is 44.3 Å². The number of halogens is 3. The summed E-state index contributed by atoms with van der Waals surface area (Å²) in [5.41, 5.74) is 1.71. The minimum Gasteiger partial charge on any atom is -0.453 e. The van der Waals surface area contributed by atoms with Crippen molar-refractivity contribution in [2.75, 3.05) is 13.7 Å². The molecule has 3 atom stereocenters. The first kappa shape index (κ1) is 37.5. The zero-order valence-electron chi connectivity index (χ0n) is 27.7. The number of nitrogens with zero attached hydrogens (tertiary/aromatic N) is 2. The molecule has 0 fully saturated rings. The third-order valence-corrected chi connectivity index (χ3v) is 11.6. The van der Waals surface area contributed by atoms with Crippen LogP contribution in [0.1, 0.15) is 52.7 Å². The SMILES string of the molecule is COC(=O)N[C@H](C(=O)N[C@H](c1ccc([C@@H](CO)N(C(C)C)S(=O)(=O)c2ccc3[nH]ncc3c2)s1)C(F)(F)F)C(c1ccccc1)c1ccccc1. The Balaban J connectivity index is 1.50. The molecule has 3 aromatic carbocycles. The van der Waals surface area contributed by atoms with Gasteiger partial charge < -0.3 is 20.5 Å². The Morgan fingerprint density at radius 3 is 2.10 bits per heavy atom. The molecule has 2 aromatic heterocycles. The first-order valence-electron chi connectivity index (χ1n) is 15.7. The average Bonchev–Trinajstić information content (AvgIpc) is 3.79. The lowest BCUT2D eigenvalue weighted by Crippen LogP contribution is -2.52. The molecule has 0 radical (unpaired) electrons. The fourth-order valence-electron chi connectivity index (χ4n) is 5.94. The number of benzene rings is 3. The summed E-state index contributed by atoms with van der Waals surface area (Å²) in [6, 6.07) is 17.8. The second-order valence-electron chi connectivity index (χ2n) is 11.9. The molecule has 5 rings (SSSR count). The Morgan fingerprint density at radius 2 is 1.55 bits per heavy atom. The van der Waals surface area contributed by atoms with E-state index in [-0.39, 0.29) is 14.6 Å². The van der Waals surface area contributed by atoms with Crippen LogP contribution in [0.25, 0.3) is 10.9 Å². The van der Waals surface area contributed by atoms with Crippen LogP contribution in [0.2, 0.25) is 0 Å². The Hall–Kier alpha value is -4.77. The molecule has 2 heterocycles. The summed E-state index contributed by atoms with van der Waals surface area (Å²) in [5, 5.41) is 22.2. The van der Waals surface area contributed by atoms with Gasteiger partial charge in [-0.1, -0.05) is 60.7 Å². The van der Waals surface area contributed by atoms with Crippen LogP contribution in [-0.4, -0.2) is 72.0 Å². The number of thiophene rings is 1. The quantitative estimate of drug-likeness (QED) is 0.115. The first-order valence-corrected chi connectivity index (χ1v) is 18.0. The molecule has 51 heavy (non-hydrogen) atoms. The summed E-state index contributed by atoms with van der Waals surface area (Å²) in [7, 11) is -3.21. The van der Waals surface area contributed by atoms with Gasteiger partial charge in [0, 0.05) is 27.1 Å². The third kappa shape index (κ3) is 8.25. The molecule has 16 heteroatoms. The summed E-state index contributed by atoms with van der Waals surface area (Å²) >= 11 is 0.607. The highest BCUT2D eigenvalue weighted by atomic mass is 32.2. The normalized spacial score (nSPS) is 14.1. The molecular formula is C35H36F3N5O6S2. The number of rotatable bonds is 13. The van der Waals surface area contributed by atoms with Crippen molar-refractivity contribution in [3.63, 3.8) is 0 Å². The molecule has 0 spiro atoms. The van der Waals surface area contributed by atoms with Gasteiger partial charge in [0.2, 0.25) is 15.9 Å². The van der Waals surface area contributed by atoms with Crippen LogP contribution in [0.3, 0.4) is 0 Å². The number of nitrogens with one attached hydrogen (secondary N) is 3. The van der Waals surface area contributed by atoms with Crippen molar-refractivity contribution in [2.24, 2.45) is 0 Å². The maximum atomic E-state index is 14.8. The number of aromatic nitrogens is 2. The van der Waals surface area contributed by atoms with E-state index >= 15 is 0 Å². The number of aromatic amines is 1. The molecule has 2 amide bonds. The molecule has 11 nitrogen and oxygen atoms in total. The van der Waals surface area contributed by atoms with Crippen LogP contribution in [-0.2, 0) is 19.6 Å².